The van der Waals surface area contributed by atoms with E-state index < -0.39 is 5.60 Å². The van der Waals surface area contributed by atoms with Crippen molar-refractivity contribution in [2.24, 2.45) is 0 Å². The summed E-state index contributed by atoms with van der Waals surface area (Å²) < 4.78 is 5.93. The summed E-state index contributed by atoms with van der Waals surface area (Å²) in [6.45, 7) is 14.6. The van der Waals surface area contributed by atoms with Crippen LogP contribution in [0.4, 0.5) is 5.69 Å². The van der Waals surface area contributed by atoms with E-state index >= 15 is 0 Å². The van der Waals surface area contributed by atoms with Crippen molar-refractivity contribution in [3.63, 3.8) is 0 Å². The van der Waals surface area contributed by atoms with Gasteiger partial charge in [-0.05, 0) is 72.1 Å². The molecule has 5 nitrogen and oxygen atoms in total. The molecule has 0 saturated carbocycles. The lowest BCUT2D eigenvalue weighted by molar-refractivity contribution is 0.0172. The second kappa shape index (κ2) is 9.71. The zero-order valence-electron chi connectivity index (χ0n) is 21.9. The van der Waals surface area contributed by atoms with Crippen LogP contribution in [0.2, 0.25) is 0 Å². The van der Waals surface area contributed by atoms with Gasteiger partial charge in [0.1, 0.15) is 6.17 Å². The van der Waals surface area contributed by atoms with E-state index in [1.165, 1.54) is 18.5 Å². The minimum absolute atomic E-state index is 0.0302. The van der Waals surface area contributed by atoms with Gasteiger partial charge in [-0.2, -0.15) is 0 Å². The minimum Gasteiger partial charge on any atom is -0.374 e. The Morgan fingerprint density at radius 1 is 1.03 bits per heavy atom. The van der Waals surface area contributed by atoms with Gasteiger partial charge in [-0.1, -0.05) is 36.4 Å². The smallest absolute Gasteiger partial charge is 0.255 e. The first-order valence-electron chi connectivity index (χ1n) is 12.8. The van der Waals surface area contributed by atoms with E-state index in [0.717, 1.165) is 29.8 Å². The van der Waals surface area contributed by atoms with Crippen LogP contribution in [-0.2, 0) is 10.3 Å². The Hall–Kier alpha value is -2.37. The third-order valence-electron chi connectivity index (χ3n) is 7.62. The van der Waals surface area contributed by atoms with Gasteiger partial charge in [0, 0.05) is 49.6 Å². The molecule has 0 aliphatic carbocycles. The zero-order valence-corrected chi connectivity index (χ0v) is 21.9. The molecule has 2 saturated heterocycles. The fraction of sp³-hybridized carbons (Fsp3) is 0.552. The first-order valence-corrected chi connectivity index (χ1v) is 12.8. The van der Waals surface area contributed by atoms with Gasteiger partial charge in [-0.15, -0.1) is 0 Å². The summed E-state index contributed by atoms with van der Waals surface area (Å²) >= 11 is 0. The van der Waals surface area contributed by atoms with Gasteiger partial charge < -0.3 is 14.5 Å². The Balaban J connectivity index is 1.93. The van der Waals surface area contributed by atoms with Crippen LogP contribution in [0.1, 0.15) is 82.0 Å². The molecule has 2 aliphatic rings. The van der Waals surface area contributed by atoms with Crippen LogP contribution in [0.15, 0.2) is 48.5 Å². The standard InChI is InChI=1S/C29H41N3O2/c1-20(2)32(21(3)4)28(33)26-24(16-11-17-25(26)29(5,6)34-7)27-30-18-12-15-23(30)19-31(27)22-13-9-8-10-14-22/h8-11,13-14,16-17,20-21,23,27H,12,15,18-19H2,1-7H3/t23-,27+/m0/s1. The van der Waals surface area contributed by atoms with Crippen molar-refractivity contribution in [3.05, 3.63) is 65.2 Å². The van der Waals surface area contributed by atoms with Crippen LogP contribution in [0, 0.1) is 0 Å². The minimum atomic E-state index is -0.582. The summed E-state index contributed by atoms with van der Waals surface area (Å²) in [6.07, 6.45) is 2.44. The molecule has 0 radical (unpaired) electrons. The van der Waals surface area contributed by atoms with Gasteiger partial charge >= 0.3 is 0 Å². The first kappa shape index (κ1) is 24.7. The SMILES string of the molecule is COC(C)(C)c1cccc([C@H]2N(c3ccccc3)C[C@@H]3CCCN32)c1C(=O)N(C(C)C)C(C)C. The second-order valence-corrected chi connectivity index (χ2v) is 10.8. The number of ether oxygens (including phenoxy) is 1. The Morgan fingerprint density at radius 3 is 2.32 bits per heavy atom. The molecule has 2 atom stereocenters. The summed E-state index contributed by atoms with van der Waals surface area (Å²) in [5, 5.41) is 0. The number of rotatable bonds is 7. The van der Waals surface area contributed by atoms with Gasteiger partial charge in [0.05, 0.1) is 11.2 Å². The maximum Gasteiger partial charge on any atom is 0.255 e. The molecule has 0 unspecified atom stereocenters. The molecule has 0 bridgehead atoms. The lowest BCUT2D eigenvalue weighted by atomic mass is 9.87. The first-order chi connectivity index (χ1) is 16.2. The summed E-state index contributed by atoms with van der Waals surface area (Å²) in [7, 11) is 1.73. The normalized spacial score (nSPS) is 20.9. The highest BCUT2D eigenvalue weighted by atomic mass is 16.5. The van der Waals surface area contributed by atoms with Crippen molar-refractivity contribution in [3.8, 4) is 0 Å². The Labute approximate surface area is 205 Å². The van der Waals surface area contributed by atoms with E-state index in [1.54, 1.807) is 7.11 Å². The van der Waals surface area contributed by atoms with Crippen molar-refractivity contribution in [1.82, 2.24) is 9.80 Å². The molecule has 2 heterocycles. The average Bonchev–Trinajstić information content (AvgIpc) is 3.40. The third kappa shape index (κ3) is 4.36. The van der Waals surface area contributed by atoms with E-state index in [1.807, 2.05) is 4.90 Å². The van der Waals surface area contributed by atoms with E-state index in [4.69, 9.17) is 4.74 Å². The molecule has 1 amide bonds. The number of fused-ring (bicyclic) bond motifs is 1. The number of benzene rings is 2. The molecule has 5 heteroatoms. The summed E-state index contributed by atoms with van der Waals surface area (Å²) in [6, 6.07) is 17.7. The molecular weight excluding hydrogens is 422 g/mol. The molecule has 0 aromatic heterocycles. The van der Waals surface area contributed by atoms with E-state index in [2.05, 4.69) is 99.9 Å². The molecule has 2 aromatic rings. The fourth-order valence-corrected chi connectivity index (χ4v) is 5.92. The van der Waals surface area contributed by atoms with Gasteiger partial charge in [-0.25, -0.2) is 0 Å². The average molecular weight is 464 g/mol. The highest BCUT2D eigenvalue weighted by Crippen LogP contribution is 2.44. The summed E-state index contributed by atoms with van der Waals surface area (Å²) in [4.78, 5) is 21.5. The number of carbonyl (C=O) groups excluding carboxylic acids is 1. The molecular formula is C29H41N3O2. The predicted octanol–water partition coefficient (Wildman–Crippen LogP) is 5.81. The molecule has 34 heavy (non-hydrogen) atoms. The molecule has 0 N–H and O–H groups in total. The predicted molar refractivity (Wildman–Crippen MR) is 139 cm³/mol. The van der Waals surface area contributed by atoms with Crippen LogP contribution < -0.4 is 4.90 Å². The fourth-order valence-electron chi connectivity index (χ4n) is 5.92. The summed E-state index contributed by atoms with van der Waals surface area (Å²) in [5.74, 6) is 0.0939. The number of hydrogen-bond donors (Lipinski definition) is 0. The van der Waals surface area contributed by atoms with Crippen molar-refractivity contribution in [2.45, 2.75) is 84.3 Å². The monoisotopic (exact) mass is 463 g/mol. The Morgan fingerprint density at radius 2 is 1.71 bits per heavy atom. The molecule has 2 aliphatic heterocycles. The highest BCUT2D eigenvalue weighted by molar-refractivity contribution is 5.98. The largest absolute Gasteiger partial charge is 0.374 e. The van der Waals surface area contributed by atoms with Crippen LogP contribution in [0.5, 0.6) is 0 Å². The molecule has 2 fully saturated rings. The maximum atomic E-state index is 14.4. The van der Waals surface area contributed by atoms with Gasteiger partial charge in [0.15, 0.2) is 0 Å². The van der Waals surface area contributed by atoms with Crippen molar-refractivity contribution in [1.29, 1.82) is 0 Å². The quantitative estimate of drug-likeness (QED) is 0.519. The Bertz CT molecular complexity index is 994. The number of amides is 1. The van der Waals surface area contributed by atoms with E-state index in [9.17, 15) is 4.79 Å². The van der Waals surface area contributed by atoms with Crippen molar-refractivity contribution in [2.75, 3.05) is 25.1 Å². The molecule has 0 spiro atoms. The van der Waals surface area contributed by atoms with Crippen molar-refractivity contribution >= 4 is 11.6 Å². The van der Waals surface area contributed by atoms with Crippen LogP contribution >= 0.6 is 0 Å². The van der Waals surface area contributed by atoms with Crippen molar-refractivity contribution < 1.29 is 9.53 Å². The number of para-hydroxylation sites is 1. The highest BCUT2D eigenvalue weighted by Gasteiger charge is 2.45. The third-order valence-corrected chi connectivity index (χ3v) is 7.62. The Kier molecular flexibility index (Phi) is 7.07. The maximum absolute atomic E-state index is 14.4. The molecule has 4 rings (SSSR count). The van der Waals surface area contributed by atoms with Gasteiger partial charge in [0.2, 0.25) is 0 Å². The second-order valence-electron chi connectivity index (χ2n) is 10.8. The molecule has 184 valence electrons. The lowest BCUT2D eigenvalue weighted by Gasteiger charge is -2.38. The molecule has 2 aromatic carbocycles. The summed E-state index contributed by atoms with van der Waals surface area (Å²) in [5.41, 5.74) is 3.48. The number of nitrogens with zero attached hydrogens (tertiary/aromatic N) is 3. The van der Waals surface area contributed by atoms with Crippen LogP contribution in [0.25, 0.3) is 0 Å². The lowest BCUT2D eigenvalue weighted by Crippen LogP contribution is -2.44. The topological polar surface area (TPSA) is 36.0 Å². The number of anilines is 1. The van der Waals surface area contributed by atoms with Gasteiger partial charge in [0.25, 0.3) is 5.91 Å². The van der Waals surface area contributed by atoms with E-state index in [-0.39, 0.29) is 24.2 Å². The van der Waals surface area contributed by atoms with Gasteiger partial charge in [-0.3, -0.25) is 9.69 Å². The number of carbonyl (C=O) groups is 1. The number of hydrogen-bond acceptors (Lipinski definition) is 4. The number of methoxy groups -OCH3 is 1. The van der Waals surface area contributed by atoms with Crippen LogP contribution in [0.3, 0.4) is 0 Å². The van der Waals surface area contributed by atoms with Crippen LogP contribution in [-0.4, -0.2) is 54.0 Å². The van der Waals surface area contributed by atoms with E-state index in [0.29, 0.717) is 6.04 Å². The zero-order chi connectivity index (χ0) is 24.6.